The van der Waals surface area contributed by atoms with Gasteiger partial charge in [0.1, 0.15) is 0 Å². The Hall–Kier alpha value is -1.60. The molecule has 0 aromatic carbocycles. The second kappa shape index (κ2) is 4.34. The number of allylic oxidation sites excluding steroid dienone is 1. The molecule has 3 rings (SSSR count). The van der Waals surface area contributed by atoms with Crippen LogP contribution in [0.1, 0.15) is 25.7 Å². The molecule has 2 heterocycles. The van der Waals surface area contributed by atoms with Crippen molar-refractivity contribution in [2.75, 3.05) is 6.54 Å². The maximum Gasteiger partial charge on any atom is 0.0762 e. The molecule has 1 N–H and O–H groups in total. The van der Waals surface area contributed by atoms with Crippen molar-refractivity contribution < 1.29 is 0 Å². The van der Waals surface area contributed by atoms with E-state index < -0.39 is 0 Å². The van der Waals surface area contributed by atoms with Crippen LogP contribution in [0.15, 0.2) is 29.2 Å². The van der Waals surface area contributed by atoms with Gasteiger partial charge in [-0.1, -0.05) is 0 Å². The predicted molar refractivity (Wildman–Crippen MR) is 65.6 cm³/mol. The van der Waals surface area contributed by atoms with Gasteiger partial charge in [-0.05, 0) is 31.8 Å². The van der Waals surface area contributed by atoms with Crippen molar-refractivity contribution in [3.05, 3.63) is 24.2 Å². The van der Waals surface area contributed by atoms with Gasteiger partial charge in [0.25, 0.3) is 0 Å². The Morgan fingerprint density at radius 1 is 1.35 bits per heavy atom. The Morgan fingerprint density at radius 3 is 2.94 bits per heavy atom. The number of rotatable bonds is 1. The Balaban J connectivity index is 1.75. The highest BCUT2D eigenvalue weighted by molar-refractivity contribution is 6.02. The van der Waals surface area contributed by atoms with Gasteiger partial charge >= 0.3 is 0 Å². The smallest absolute Gasteiger partial charge is 0.0762 e. The summed E-state index contributed by atoms with van der Waals surface area (Å²) in [6, 6.07) is 2.38. The number of aliphatic imine (C=N–C) groups is 1. The van der Waals surface area contributed by atoms with E-state index in [1.807, 2.05) is 12.4 Å². The average Bonchev–Trinajstić information content (AvgIpc) is 2.87. The summed E-state index contributed by atoms with van der Waals surface area (Å²) >= 11 is 0. The molecule has 1 aliphatic carbocycles. The maximum absolute atomic E-state index is 8.92. The van der Waals surface area contributed by atoms with Crippen LogP contribution in [-0.4, -0.2) is 17.3 Å². The van der Waals surface area contributed by atoms with Crippen LogP contribution in [-0.2, 0) is 0 Å². The van der Waals surface area contributed by atoms with Gasteiger partial charge in [-0.25, -0.2) is 5.43 Å². The predicted octanol–water partition coefficient (Wildman–Crippen LogP) is 1.95. The van der Waals surface area contributed by atoms with Gasteiger partial charge in [0.15, 0.2) is 0 Å². The summed E-state index contributed by atoms with van der Waals surface area (Å²) in [5, 5.41) is 11.0. The van der Waals surface area contributed by atoms with Crippen LogP contribution in [0.5, 0.6) is 0 Å². The van der Waals surface area contributed by atoms with E-state index in [2.05, 4.69) is 27.6 Å². The molecular weight excluding hydrogens is 212 g/mol. The summed E-state index contributed by atoms with van der Waals surface area (Å²) in [7, 11) is 0. The Bertz CT molecular complexity index is 433. The van der Waals surface area contributed by atoms with Gasteiger partial charge in [-0.3, -0.25) is 10.0 Å². The molecule has 1 fully saturated rings. The van der Waals surface area contributed by atoms with Crippen LogP contribution in [0.25, 0.3) is 0 Å². The van der Waals surface area contributed by atoms with Gasteiger partial charge in [-0.15, -0.1) is 0 Å². The molecule has 0 spiro atoms. The van der Waals surface area contributed by atoms with Crippen molar-refractivity contribution in [1.82, 2.24) is 10.4 Å². The molecule has 4 heteroatoms. The summed E-state index contributed by atoms with van der Waals surface area (Å²) in [5.41, 5.74) is 5.69. The molecular formula is C13H16N4. The third-order valence-corrected chi connectivity index (χ3v) is 3.80. The molecule has 3 aliphatic rings. The number of nitriles is 1. The lowest BCUT2D eigenvalue weighted by molar-refractivity contribution is 0.361. The first kappa shape index (κ1) is 10.5. The summed E-state index contributed by atoms with van der Waals surface area (Å²) in [4.78, 5) is 4.55. The molecule has 1 saturated carbocycles. The number of hydrazine groups is 1. The molecule has 0 unspecified atom stereocenters. The van der Waals surface area contributed by atoms with Gasteiger partial charge in [-0.2, -0.15) is 5.26 Å². The van der Waals surface area contributed by atoms with Crippen LogP contribution in [0.3, 0.4) is 0 Å². The number of nitrogens with zero attached hydrogens (tertiary/aromatic N) is 3. The molecule has 0 bridgehead atoms. The summed E-state index contributed by atoms with van der Waals surface area (Å²) in [6.45, 7) is 0.881. The van der Waals surface area contributed by atoms with Crippen molar-refractivity contribution in [3.63, 3.8) is 0 Å². The first-order valence-electron chi connectivity index (χ1n) is 6.25. The van der Waals surface area contributed by atoms with Crippen molar-refractivity contribution in [2.45, 2.75) is 25.7 Å². The van der Waals surface area contributed by atoms with Gasteiger partial charge in [0, 0.05) is 30.8 Å². The second-order valence-corrected chi connectivity index (χ2v) is 4.81. The Labute approximate surface area is 101 Å². The average molecular weight is 228 g/mol. The fourth-order valence-corrected chi connectivity index (χ4v) is 2.84. The standard InChI is InChI=1S/C13H16N4/c14-9-10-1-3-11(4-2-10)13-12-5-6-16-17(12)8-7-15-13/h5,7-8,10-11,16H,1-4,6H2. The summed E-state index contributed by atoms with van der Waals surface area (Å²) < 4.78 is 0. The number of nitrogens with one attached hydrogen (secondary N) is 1. The maximum atomic E-state index is 8.92. The van der Waals surface area contributed by atoms with Crippen molar-refractivity contribution in [2.24, 2.45) is 16.8 Å². The first-order chi connectivity index (χ1) is 8.38. The molecule has 0 aromatic rings. The van der Waals surface area contributed by atoms with Gasteiger partial charge in [0.05, 0.1) is 17.5 Å². The lowest BCUT2D eigenvalue weighted by Crippen LogP contribution is -2.34. The largest absolute Gasteiger partial charge is 0.281 e. The molecule has 17 heavy (non-hydrogen) atoms. The van der Waals surface area contributed by atoms with Gasteiger partial charge < -0.3 is 0 Å². The first-order valence-corrected chi connectivity index (χ1v) is 6.25. The van der Waals surface area contributed by atoms with Crippen LogP contribution >= 0.6 is 0 Å². The van der Waals surface area contributed by atoms with E-state index in [9.17, 15) is 0 Å². The van der Waals surface area contributed by atoms with Crippen LogP contribution in [0.2, 0.25) is 0 Å². The third kappa shape index (κ3) is 1.87. The van der Waals surface area contributed by atoms with E-state index >= 15 is 0 Å². The molecule has 0 amide bonds. The van der Waals surface area contributed by atoms with E-state index in [1.165, 1.54) is 11.4 Å². The lowest BCUT2D eigenvalue weighted by Gasteiger charge is -2.30. The normalized spacial score (nSPS) is 31.6. The second-order valence-electron chi connectivity index (χ2n) is 4.81. The fraction of sp³-hybridized carbons (Fsp3) is 0.538. The van der Waals surface area contributed by atoms with Crippen molar-refractivity contribution in [3.8, 4) is 6.07 Å². The van der Waals surface area contributed by atoms with E-state index in [1.54, 1.807) is 0 Å². The van der Waals surface area contributed by atoms with Crippen LogP contribution in [0, 0.1) is 23.2 Å². The minimum Gasteiger partial charge on any atom is -0.281 e. The zero-order valence-corrected chi connectivity index (χ0v) is 9.76. The molecule has 0 radical (unpaired) electrons. The molecule has 88 valence electrons. The minimum absolute atomic E-state index is 0.262. The highest BCUT2D eigenvalue weighted by Gasteiger charge is 2.30. The van der Waals surface area contributed by atoms with Crippen molar-refractivity contribution >= 4 is 5.71 Å². The number of fused-ring (bicyclic) bond motifs is 1. The Morgan fingerprint density at radius 2 is 2.18 bits per heavy atom. The summed E-state index contributed by atoms with van der Waals surface area (Å²) in [6.07, 6.45) is 10.2. The molecule has 0 saturated heterocycles. The quantitative estimate of drug-likeness (QED) is 0.746. The number of hydrogen-bond donors (Lipinski definition) is 1. The highest BCUT2D eigenvalue weighted by Crippen LogP contribution is 2.33. The zero-order chi connectivity index (χ0) is 11.7. The molecule has 0 aromatic heterocycles. The molecule has 4 nitrogen and oxygen atoms in total. The van der Waals surface area contributed by atoms with Crippen LogP contribution < -0.4 is 5.43 Å². The van der Waals surface area contributed by atoms with E-state index in [4.69, 9.17) is 5.26 Å². The van der Waals surface area contributed by atoms with Gasteiger partial charge in [0.2, 0.25) is 0 Å². The SMILES string of the molecule is N#CC1CCC(C2=NC=CN3NCC=C23)CC1. The van der Waals surface area contributed by atoms with E-state index in [-0.39, 0.29) is 5.92 Å². The lowest BCUT2D eigenvalue weighted by atomic mass is 9.79. The number of hydrogen-bond acceptors (Lipinski definition) is 4. The topological polar surface area (TPSA) is 51.4 Å². The molecule has 2 aliphatic heterocycles. The summed E-state index contributed by atoms with van der Waals surface area (Å²) in [5.74, 6) is 0.788. The fourth-order valence-electron chi connectivity index (χ4n) is 2.84. The van der Waals surface area contributed by atoms with E-state index in [0.717, 1.165) is 32.2 Å². The minimum atomic E-state index is 0.262. The van der Waals surface area contributed by atoms with Crippen molar-refractivity contribution in [1.29, 1.82) is 5.26 Å². The van der Waals surface area contributed by atoms with E-state index in [0.29, 0.717) is 5.92 Å². The van der Waals surface area contributed by atoms with Crippen LogP contribution in [0.4, 0.5) is 0 Å². The monoisotopic (exact) mass is 228 g/mol. The highest BCUT2D eigenvalue weighted by atomic mass is 15.5. The third-order valence-electron chi connectivity index (χ3n) is 3.80. The Kier molecular flexibility index (Phi) is 2.69. The zero-order valence-electron chi connectivity index (χ0n) is 9.76. The molecule has 0 atom stereocenters.